The van der Waals surface area contributed by atoms with Crippen LogP contribution in [0.4, 0.5) is 24.5 Å². The van der Waals surface area contributed by atoms with Gasteiger partial charge in [-0.05, 0) is 75.4 Å². The van der Waals surface area contributed by atoms with Gasteiger partial charge >= 0.3 is 6.18 Å². The minimum absolute atomic E-state index is 0.0232. The van der Waals surface area contributed by atoms with Crippen molar-refractivity contribution in [2.75, 3.05) is 37.0 Å². The summed E-state index contributed by atoms with van der Waals surface area (Å²) in [4.78, 5) is 2.44. The lowest BCUT2D eigenvalue weighted by molar-refractivity contribution is -0.139. The second-order valence-electron chi connectivity index (χ2n) is 9.84. The van der Waals surface area contributed by atoms with Gasteiger partial charge in [-0.25, -0.2) is 8.42 Å². The molecule has 2 aromatic heterocycles. The van der Waals surface area contributed by atoms with Crippen molar-refractivity contribution in [2.24, 2.45) is 0 Å². The predicted octanol–water partition coefficient (Wildman–Crippen LogP) is 4.78. The van der Waals surface area contributed by atoms with Gasteiger partial charge in [0.25, 0.3) is 5.89 Å². The number of nitrogens with zero attached hydrogens (tertiary/aromatic N) is 4. The summed E-state index contributed by atoms with van der Waals surface area (Å²) < 4.78 is 71.0. The van der Waals surface area contributed by atoms with Crippen molar-refractivity contribution < 1.29 is 26.0 Å². The molecule has 2 aromatic carbocycles. The number of anilines is 2. The highest BCUT2D eigenvalue weighted by Crippen LogP contribution is 2.35. The van der Waals surface area contributed by atoms with E-state index in [1.165, 1.54) is 12.1 Å². The van der Waals surface area contributed by atoms with Crippen molar-refractivity contribution in [3.63, 3.8) is 0 Å². The highest BCUT2D eigenvalue weighted by molar-refractivity contribution is 7.90. The van der Waals surface area contributed by atoms with Crippen molar-refractivity contribution in [2.45, 2.75) is 43.0 Å². The second-order valence-corrected chi connectivity index (χ2v) is 11.9. The van der Waals surface area contributed by atoms with Gasteiger partial charge in [0.15, 0.2) is 9.84 Å². The molecule has 0 spiro atoms. The number of halogens is 3. The van der Waals surface area contributed by atoms with Gasteiger partial charge in [0, 0.05) is 29.1 Å². The van der Waals surface area contributed by atoms with Gasteiger partial charge in [-0.1, -0.05) is 6.07 Å². The molecule has 13 heteroatoms. The number of likely N-dealkylation sites (tertiary alicyclic amines) is 1. The molecule has 39 heavy (non-hydrogen) atoms. The molecule has 0 saturated carbocycles. The summed E-state index contributed by atoms with van der Waals surface area (Å²) in [5, 5.41) is 15.3. The summed E-state index contributed by atoms with van der Waals surface area (Å²) in [6, 6.07) is 13.3. The van der Waals surface area contributed by atoms with Crippen LogP contribution >= 0.6 is 0 Å². The largest absolute Gasteiger partial charge is 0.417 e. The summed E-state index contributed by atoms with van der Waals surface area (Å²) in [7, 11) is -1.24. The lowest BCUT2D eigenvalue weighted by atomic mass is 10.0. The molecule has 5 rings (SSSR count). The Morgan fingerprint density at radius 3 is 2.46 bits per heavy atom. The Morgan fingerprint density at radius 1 is 1.08 bits per heavy atom. The molecule has 1 saturated heterocycles. The molecule has 1 aliphatic heterocycles. The van der Waals surface area contributed by atoms with E-state index in [1.54, 1.807) is 30.3 Å². The molecule has 3 heterocycles. The van der Waals surface area contributed by atoms with Gasteiger partial charge in [-0.3, -0.25) is 0 Å². The zero-order chi connectivity index (χ0) is 27.8. The first-order valence-electron chi connectivity index (χ1n) is 12.5. The standard InChI is InChI=1S/C26H29F3N6O3S/c1-34-12-10-18(11-13-34)31-21-4-3-5-22-20(21)14-23(35(22)16-26(27,28)29)25-33-32-24(38-25)15-30-17-6-8-19(9-7-17)39(2,36)37/h3-9,14,18,30-31H,10-13,15-16H2,1-2H3. The molecule has 0 unspecified atom stereocenters. The van der Waals surface area contributed by atoms with E-state index in [9.17, 15) is 21.6 Å². The number of sulfone groups is 1. The average Bonchev–Trinajstić information content (AvgIpc) is 3.48. The van der Waals surface area contributed by atoms with Crippen molar-refractivity contribution in [1.82, 2.24) is 19.7 Å². The summed E-state index contributed by atoms with van der Waals surface area (Å²) in [5.74, 6) is 0.149. The Labute approximate surface area is 223 Å². The van der Waals surface area contributed by atoms with Crippen LogP contribution in [-0.2, 0) is 22.9 Å². The molecule has 208 valence electrons. The Kier molecular flexibility index (Phi) is 7.29. The van der Waals surface area contributed by atoms with Gasteiger partial charge in [-0.2, -0.15) is 13.2 Å². The number of nitrogens with one attached hydrogen (secondary N) is 2. The van der Waals surface area contributed by atoms with Crippen LogP contribution in [0.15, 0.2) is 57.8 Å². The third kappa shape index (κ3) is 6.36. The van der Waals surface area contributed by atoms with Crippen molar-refractivity contribution in [1.29, 1.82) is 0 Å². The SMILES string of the molecule is CN1CCC(Nc2cccc3c2cc(-c2nnc(CNc4ccc(S(C)(=O)=O)cc4)o2)n3CC(F)(F)F)CC1. The normalized spacial score (nSPS) is 15.6. The Balaban J connectivity index is 1.41. The lowest BCUT2D eigenvalue weighted by Crippen LogP contribution is -2.36. The quantitative estimate of drug-likeness (QED) is 0.316. The third-order valence-corrected chi connectivity index (χ3v) is 7.90. The molecule has 0 atom stereocenters. The van der Waals surface area contributed by atoms with E-state index in [1.807, 2.05) is 6.07 Å². The van der Waals surface area contributed by atoms with Crippen LogP contribution in [0.1, 0.15) is 18.7 Å². The molecular weight excluding hydrogens is 533 g/mol. The fraction of sp³-hybridized carbons (Fsp3) is 0.385. The van der Waals surface area contributed by atoms with Crippen molar-refractivity contribution >= 4 is 32.1 Å². The third-order valence-electron chi connectivity index (χ3n) is 6.77. The minimum atomic E-state index is -4.46. The number of fused-ring (bicyclic) bond motifs is 1. The van der Waals surface area contributed by atoms with Gasteiger partial charge in [-0.15, -0.1) is 10.2 Å². The molecule has 4 aromatic rings. The molecule has 0 bridgehead atoms. The topological polar surface area (TPSA) is 105 Å². The molecule has 1 aliphatic rings. The molecule has 9 nitrogen and oxygen atoms in total. The molecular formula is C26H29F3N6O3S. The number of piperidine rings is 1. The first-order valence-corrected chi connectivity index (χ1v) is 14.4. The summed E-state index contributed by atoms with van der Waals surface area (Å²) in [6.07, 6.45) is -1.44. The smallest absolute Gasteiger partial charge is 0.406 e. The summed E-state index contributed by atoms with van der Waals surface area (Å²) >= 11 is 0. The van der Waals surface area contributed by atoms with Crippen LogP contribution < -0.4 is 10.6 Å². The summed E-state index contributed by atoms with van der Waals surface area (Å²) in [5.41, 5.74) is 1.99. The lowest BCUT2D eigenvalue weighted by Gasteiger charge is -2.30. The summed E-state index contributed by atoms with van der Waals surface area (Å²) in [6.45, 7) is 0.809. The van der Waals surface area contributed by atoms with E-state index in [2.05, 4.69) is 32.8 Å². The number of aromatic nitrogens is 3. The van der Waals surface area contributed by atoms with Crippen molar-refractivity contribution in [3.8, 4) is 11.6 Å². The number of hydrogen-bond acceptors (Lipinski definition) is 8. The Morgan fingerprint density at radius 2 is 1.79 bits per heavy atom. The molecule has 1 fully saturated rings. The first kappa shape index (κ1) is 27.0. The number of alkyl halides is 3. The molecule has 0 radical (unpaired) electrons. The van der Waals surface area contributed by atoms with Crippen LogP contribution in [0.25, 0.3) is 22.5 Å². The monoisotopic (exact) mass is 562 g/mol. The average molecular weight is 563 g/mol. The van der Waals surface area contributed by atoms with Gasteiger partial charge in [0.05, 0.1) is 17.0 Å². The van der Waals surface area contributed by atoms with Crippen LogP contribution in [0, 0.1) is 0 Å². The number of rotatable bonds is 8. The number of hydrogen-bond donors (Lipinski definition) is 2. The zero-order valence-electron chi connectivity index (χ0n) is 21.5. The van der Waals surface area contributed by atoms with Crippen LogP contribution in [0.3, 0.4) is 0 Å². The zero-order valence-corrected chi connectivity index (χ0v) is 22.3. The van der Waals surface area contributed by atoms with Crippen LogP contribution in [-0.4, -0.2) is 66.7 Å². The molecule has 0 amide bonds. The maximum absolute atomic E-state index is 13.6. The van der Waals surface area contributed by atoms with Crippen molar-refractivity contribution in [3.05, 3.63) is 54.4 Å². The maximum atomic E-state index is 13.6. The van der Waals surface area contributed by atoms with E-state index >= 15 is 0 Å². The Bertz CT molecular complexity index is 1560. The second kappa shape index (κ2) is 10.5. The van der Waals surface area contributed by atoms with E-state index < -0.39 is 22.6 Å². The first-order chi connectivity index (χ1) is 18.5. The highest BCUT2D eigenvalue weighted by atomic mass is 32.2. The van der Waals surface area contributed by atoms with Crippen LogP contribution in [0.2, 0.25) is 0 Å². The molecule has 0 aliphatic carbocycles. The van der Waals surface area contributed by atoms with Gasteiger partial charge in [0.2, 0.25) is 5.89 Å². The number of benzene rings is 2. The van der Waals surface area contributed by atoms with Gasteiger partial charge < -0.3 is 24.5 Å². The highest BCUT2D eigenvalue weighted by Gasteiger charge is 2.31. The fourth-order valence-electron chi connectivity index (χ4n) is 4.74. The van der Waals surface area contributed by atoms with E-state index in [4.69, 9.17) is 4.42 Å². The fourth-order valence-corrected chi connectivity index (χ4v) is 5.37. The van der Waals surface area contributed by atoms with E-state index in [0.717, 1.165) is 42.4 Å². The van der Waals surface area contributed by atoms with E-state index in [0.29, 0.717) is 16.6 Å². The molecule has 2 N–H and O–H groups in total. The maximum Gasteiger partial charge on any atom is 0.406 e. The predicted molar refractivity (Wildman–Crippen MR) is 142 cm³/mol. The minimum Gasteiger partial charge on any atom is -0.417 e. The Hall–Kier alpha value is -3.58. The van der Waals surface area contributed by atoms with E-state index in [-0.39, 0.29) is 35.0 Å². The van der Waals surface area contributed by atoms with Gasteiger partial charge in [0.1, 0.15) is 12.2 Å². The van der Waals surface area contributed by atoms with Crippen LogP contribution in [0.5, 0.6) is 0 Å².